The largest absolute Gasteiger partial charge is 0.482 e. The molecule has 1 amide bonds. The van der Waals surface area contributed by atoms with E-state index in [0.717, 1.165) is 10.5 Å². The molecule has 1 saturated heterocycles. The second kappa shape index (κ2) is 9.79. The lowest BCUT2D eigenvalue weighted by Gasteiger charge is -2.35. The second-order valence-electron chi connectivity index (χ2n) is 6.42. The molecule has 0 radical (unpaired) electrons. The Hall–Kier alpha value is -3.53. The number of hydrogen-bond acceptors (Lipinski definition) is 7. The van der Waals surface area contributed by atoms with E-state index in [0.29, 0.717) is 0 Å². The van der Waals surface area contributed by atoms with Gasteiger partial charge in [-0.1, -0.05) is 30.3 Å². The molecule has 0 saturated carbocycles. The summed E-state index contributed by atoms with van der Waals surface area (Å²) in [5.74, 6) is -0.963. The zero-order valence-electron chi connectivity index (χ0n) is 16.4. The van der Waals surface area contributed by atoms with Crippen molar-refractivity contribution in [2.45, 2.75) is 19.7 Å². The number of carbonyl (C=O) groups is 2. The Bertz CT molecular complexity index is 945. The van der Waals surface area contributed by atoms with Crippen LogP contribution in [0.3, 0.4) is 0 Å². The molecule has 0 aliphatic carbocycles. The summed E-state index contributed by atoms with van der Waals surface area (Å²) < 4.78 is 17.4. The number of morpholine rings is 1. The van der Waals surface area contributed by atoms with E-state index in [9.17, 15) is 19.5 Å². The maximum absolute atomic E-state index is 12.6. The van der Waals surface area contributed by atoms with Crippen LogP contribution in [0.2, 0.25) is 0 Å². The summed E-state index contributed by atoms with van der Waals surface area (Å²) in [5, 5.41) is 9.41. The third-order valence-corrected chi connectivity index (χ3v) is 4.41. The van der Waals surface area contributed by atoms with Crippen molar-refractivity contribution in [1.29, 1.82) is 0 Å². The Kier molecular flexibility index (Phi) is 6.91. The maximum Gasteiger partial charge on any atom is 0.409 e. The number of benzene rings is 1. The molecule has 160 valence electrons. The average molecular weight is 417 g/mol. The maximum atomic E-state index is 12.6. The van der Waals surface area contributed by atoms with Gasteiger partial charge in [0.25, 0.3) is 0 Å². The normalized spacial score (nSPS) is 16.0. The molecule has 0 bridgehead atoms. The topological polar surface area (TPSA) is 119 Å². The minimum Gasteiger partial charge on any atom is -0.482 e. The molecule has 2 heterocycles. The lowest BCUT2D eigenvalue weighted by atomic mass is 10.2. The monoisotopic (exact) mass is 417 g/mol. The molecule has 1 aliphatic rings. The van der Waals surface area contributed by atoms with E-state index in [1.807, 2.05) is 30.3 Å². The van der Waals surface area contributed by atoms with Crippen LogP contribution in [0.1, 0.15) is 23.0 Å². The van der Waals surface area contributed by atoms with E-state index in [4.69, 9.17) is 14.2 Å². The van der Waals surface area contributed by atoms with Gasteiger partial charge in [-0.3, -0.25) is 14.4 Å². The van der Waals surface area contributed by atoms with E-state index in [1.165, 1.54) is 16.9 Å². The molecule has 3 rings (SSSR count). The molecule has 1 aliphatic heterocycles. The Morgan fingerprint density at radius 3 is 2.73 bits per heavy atom. The van der Waals surface area contributed by atoms with Crippen molar-refractivity contribution < 1.29 is 28.9 Å². The fourth-order valence-corrected chi connectivity index (χ4v) is 2.99. The third-order valence-electron chi connectivity index (χ3n) is 4.41. The van der Waals surface area contributed by atoms with Gasteiger partial charge in [0.15, 0.2) is 11.4 Å². The van der Waals surface area contributed by atoms with E-state index < -0.39 is 23.7 Å². The molecule has 10 heteroatoms. The van der Waals surface area contributed by atoms with Crippen LogP contribution in [0.4, 0.5) is 4.79 Å². The first-order valence-electron chi connectivity index (χ1n) is 9.44. The number of pyridine rings is 1. The molecule has 1 aromatic heterocycles. The highest BCUT2D eigenvalue weighted by Gasteiger charge is 2.29. The third kappa shape index (κ3) is 4.90. The molecule has 0 spiro atoms. The Morgan fingerprint density at radius 1 is 1.27 bits per heavy atom. The van der Waals surface area contributed by atoms with Gasteiger partial charge in [0.1, 0.15) is 12.8 Å². The number of carboxylic acid groups (broad SMARTS) is 1. The first kappa shape index (κ1) is 21.2. The molecule has 1 fully saturated rings. The summed E-state index contributed by atoms with van der Waals surface area (Å²) in [6, 6.07) is 10.4. The summed E-state index contributed by atoms with van der Waals surface area (Å²) in [4.78, 5) is 37.8. The zero-order chi connectivity index (χ0) is 21.5. The smallest absolute Gasteiger partial charge is 0.409 e. The predicted octanol–water partition coefficient (Wildman–Crippen LogP) is 1.48. The molecule has 10 nitrogen and oxygen atoms in total. The zero-order valence-corrected chi connectivity index (χ0v) is 16.4. The molecule has 1 aromatic carbocycles. The molecular weight excluding hydrogens is 394 g/mol. The minimum atomic E-state index is -1.13. The predicted molar refractivity (Wildman–Crippen MR) is 106 cm³/mol. The first-order chi connectivity index (χ1) is 14.5. The molecule has 1 atom stereocenters. The van der Waals surface area contributed by atoms with Crippen molar-refractivity contribution in [3.05, 3.63) is 64.1 Å². The van der Waals surface area contributed by atoms with E-state index in [1.54, 1.807) is 6.92 Å². The number of esters is 1. The summed E-state index contributed by atoms with van der Waals surface area (Å²) in [6.45, 7) is 2.31. The van der Waals surface area contributed by atoms with Crippen LogP contribution in [-0.2, 0) is 16.1 Å². The van der Waals surface area contributed by atoms with Crippen molar-refractivity contribution >= 4 is 12.1 Å². The van der Waals surface area contributed by atoms with Crippen molar-refractivity contribution in [3.63, 3.8) is 0 Å². The van der Waals surface area contributed by atoms with Gasteiger partial charge < -0.3 is 24.7 Å². The van der Waals surface area contributed by atoms with Crippen molar-refractivity contribution in [2.75, 3.05) is 31.8 Å². The molecule has 2 aromatic rings. The van der Waals surface area contributed by atoms with Gasteiger partial charge >= 0.3 is 12.1 Å². The first-order valence-corrected chi connectivity index (χ1v) is 9.44. The number of hydrogen-bond donors (Lipinski definition) is 2. The summed E-state index contributed by atoms with van der Waals surface area (Å²) in [7, 11) is 0. The average Bonchev–Trinajstić information content (AvgIpc) is 2.75. The highest BCUT2D eigenvalue weighted by atomic mass is 16.5. The van der Waals surface area contributed by atoms with Crippen LogP contribution < -0.4 is 15.6 Å². The lowest BCUT2D eigenvalue weighted by Crippen LogP contribution is -2.54. The lowest BCUT2D eigenvalue weighted by molar-refractivity contribution is 0.00493. The van der Waals surface area contributed by atoms with E-state index in [-0.39, 0.29) is 44.4 Å². The Balaban J connectivity index is 1.94. The van der Waals surface area contributed by atoms with Crippen molar-refractivity contribution in [1.82, 2.24) is 9.58 Å². The molecule has 30 heavy (non-hydrogen) atoms. The van der Waals surface area contributed by atoms with Gasteiger partial charge in [0.2, 0.25) is 5.43 Å². The number of carbonyl (C=O) groups excluding carboxylic acids is 1. The Labute approximate surface area is 172 Å². The quantitative estimate of drug-likeness (QED) is 0.651. The van der Waals surface area contributed by atoms with Gasteiger partial charge in [-0.05, 0) is 12.5 Å². The second-order valence-corrected chi connectivity index (χ2v) is 6.42. The number of nitrogens with zero attached hydrogens (tertiary/aromatic N) is 2. The number of ether oxygens (including phenoxy) is 3. The van der Waals surface area contributed by atoms with E-state index >= 15 is 0 Å². The molecule has 1 unspecified atom stereocenters. The van der Waals surface area contributed by atoms with E-state index in [2.05, 4.69) is 5.43 Å². The van der Waals surface area contributed by atoms with Crippen LogP contribution in [0, 0.1) is 0 Å². The van der Waals surface area contributed by atoms with Crippen LogP contribution in [0.25, 0.3) is 0 Å². The number of amides is 1. The standard InChI is InChI=1S/C20H23N3O7/c1-2-29-19(25)17-18(30-12-14-6-4-3-5-7-14)15(24)8-9-23(17)21-16-13-28-11-10-22(16)20(26)27/h3-9,16,21H,2,10-13H2,1H3,(H,26,27). The SMILES string of the molecule is CCOC(=O)c1c(OCc2ccccc2)c(=O)ccn1NC1COCCN1C(=O)O. The minimum absolute atomic E-state index is 0.0697. The number of rotatable bonds is 7. The van der Waals surface area contributed by atoms with Gasteiger partial charge in [0.05, 0.1) is 19.8 Å². The summed E-state index contributed by atoms with van der Waals surface area (Å²) >= 11 is 0. The van der Waals surface area contributed by atoms with Crippen LogP contribution in [0.15, 0.2) is 47.4 Å². The molecule has 2 N–H and O–H groups in total. The fraction of sp³-hybridized carbons (Fsp3) is 0.350. The van der Waals surface area contributed by atoms with Crippen LogP contribution in [0.5, 0.6) is 5.75 Å². The van der Waals surface area contributed by atoms with Gasteiger partial charge in [0, 0.05) is 18.8 Å². The van der Waals surface area contributed by atoms with Crippen LogP contribution >= 0.6 is 0 Å². The number of aromatic nitrogens is 1. The molecular formula is C20H23N3O7. The van der Waals surface area contributed by atoms with Gasteiger partial charge in [-0.15, -0.1) is 0 Å². The summed E-state index contributed by atoms with van der Waals surface area (Å²) in [6.07, 6.45) is -0.567. The summed E-state index contributed by atoms with van der Waals surface area (Å²) in [5.41, 5.74) is 3.06. The highest BCUT2D eigenvalue weighted by Crippen LogP contribution is 2.17. The highest BCUT2D eigenvalue weighted by molar-refractivity contribution is 5.90. The van der Waals surface area contributed by atoms with Gasteiger partial charge in [-0.25, -0.2) is 9.59 Å². The van der Waals surface area contributed by atoms with Crippen LogP contribution in [-0.4, -0.2) is 59.3 Å². The van der Waals surface area contributed by atoms with Crippen molar-refractivity contribution in [2.24, 2.45) is 0 Å². The number of nitrogens with one attached hydrogen (secondary N) is 1. The Morgan fingerprint density at radius 2 is 2.03 bits per heavy atom. The van der Waals surface area contributed by atoms with Gasteiger partial charge in [-0.2, -0.15) is 0 Å². The van der Waals surface area contributed by atoms with Crippen molar-refractivity contribution in [3.8, 4) is 5.75 Å². The fourth-order valence-electron chi connectivity index (χ4n) is 2.99.